The van der Waals surface area contributed by atoms with Crippen molar-refractivity contribution in [1.29, 1.82) is 0 Å². The summed E-state index contributed by atoms with van der Waals surface area (Å²) in [5.41, 5.74) is 0. The minimum atomic E-state index is -0.955. The second-order valence-electron chi connectivity index (χ2n) is 5.02. The van der Waals surface area contributed by atoms with Crippen molar-refractivity contribution in [1.82, 2.24) is 5.32 Å². The summed E-state index contributed by atoms with van der Waals surface area (Å²) in [6.45, 7) is 1.15. The second kappa shape index (κ2) is 5.51. The van der Waals surface area contributed by atoms with Crippen LogP contribution in [0.2, 0.25) is 0 Å². The van der Waals surface area contributed by atoms with Crippen LogP contribution in [-0.2, 0) is 10.8 Å². The van der Waals surface area contributed by atoms with Gasteiger partial charge in [-0.1, -0.05) is 0 Å². The van der Waals surface area contributed by atoms with E-state index in [1.54, 1.807) is 0 Å². The third-order valence-electron chi connectivity index (χ3n) is 3.84. The van der Waals surface area contributed by atoms with Crippen LogP contribution in [0.25, 0.3) is 0 Å². The Bertz CT molecular complexity index is 492. The lowest BCUT2D eigenvalue weighted by Gasteiger charge is -2.19. The van der Waals surface area contributed by atoms with Gasteiger partial charge in [-0.05, 0) is 38.4 Å². The van der Waals surface area contributed by atoms with Crippen molar-refractivity contribution < 1.29 is 13.7 Å². The lowest BCUT2D eigenvalue weighted by Crippen LogP contribution is -2.23. The zero-order valence-corrected chi connectivity index (χ0v) is 11.9. The smallest absolute Gasteiger partial charge is 0.162 e. The Morgan fingerprint density at radius 1 is 1.21 bits per heavy atom. The molecule has 3 unspecified atom stereocenters. The van der Waals surface area contributed by atoms with Crippen LogP contribution in [0.3, 0.4) is 0 Å². The van der Waals surface area contributed by atoms with E-state index in [0.717, 1.165) is 35.7 Å². The molecule has 19 heavy (non-hydrogen) atoms. The van der Waals surface area contributed by atoms with E-state index in [2.05, 4.69) is 5.32 Å². The van der Waals surface area contributed by atoms with Crippen LogP contribution < -0.4 is 14.8 Å². The molecule has 3 atom stereocenters. The van der Waals surface area contributed by atoms with Crippen LogP contribution in [0, 0.1) is 0 Å². The topological polar surface area (TPSA) is 47.6 Å². The highest BCUT2D eigenvalue weighted by Crippen LogP contribution is 2.34. The Balaban J connectivity index is 1.77. The van der Waals surface area contributed by atoms with E-state index in [1.807, 2.05) is 25.2 Å². The van der Waals surface area contributed by atoms with Crippen molar-refractivity contribution in [3.8, 4) is 11.5 Å². The van der Waals surface area contributed by atoms with Gasteiger partial charge in [-0.2, -0.15) is 0 Å². The van der Waals surface area contributed by atoms with E-state index >= 15 is 0 Å². The van der Waals surface area contributed by atoms with Gasteiger partial charge >= 0.3 is 0 Å². The molecule has 5 heteroatoms. The molecule has 1 aliphatic carbocycles. The SMILES string of the molecule is CNC1CCC(S(=O)c2ccc3c(c2)OCCO3)C1. The molecular formula is C14H19NO3S. The summed E-state index contributed by atoms with van der Waals surface area (Å²) in [6.07, 6.45) is 3.11. The van der Waals surface area contributed by atoms with E-state index in [-0.39, 0.29) is 5.25 Å². The molecule has 0 radical (unpaired) electrons. The number of rotatable bonds is 3. The minimum Gasteiger partial charge on any atom is -0.486 e. The van der Waals surface area contributed by atoms with Gasteiger partial charge in [-0.15, -0.1) is 0 Å². The average Bonchev–Trinajstić information content (AvgIpc) is 2.95. The van der Waals surface area contributed by atoms with Gasteiger partial charge in [0.2, 0.25) is 0 Å². The Morgan fingerprint density at radius 3 is 2.74 bits per heavy atom. The molecule has 1 aromatic rings. The van der Waals surface area contributed by atoms with Crippen molar-refractivity contribution in [2.45, 2.75) is 35.4 Å². The Kier molecular flexibility index (Phi) is 3.75. The summed E-state index contributed by atoms with van der Waals surface area (Å²) in [7, 11) is 1.02. The summed E-state index contributed by atoms with van der Waals surface area (Å²) in [5.74, 6) is 1.48. The molecule has 0 saturated heterocycles. The van der Waals surface area contributed by atoms with E-state index in [1.165, 1.54) is 0 Å². The quantitative estimate of drug-likeness (QED) is 0.916. The highest BCUT2D eigenvalue weighted by Gasteiger charge is 2.29. The van der Waals surface area contributed by atoms with Crippen molar-refractivity contribution >= 4 is 10.8 Å². The van der Waals surface area contributed by atoms with Crippen molar-refractivity contribution in [3.63, 3.8) is 0 Å². The van der Waals surface area contributed by atoms with Gasteiger partial charge in [0.25, 0.3) is 0 Å². The normalized spacial score (nSPS) is 27.2. The fraction of sp³-hybridized carbons (Fsp3) is 0.571. The van der Waals surface area contributed by atoms with Gasteiger partial charge in [0.15, 0.2) is 11.5 Å². The molecule has 1 aliphatic heterocycles. The maximum Gasteiger partial charge on any atom is 0.162 e. The first kappa shape index (κ1) is 12.9. The van der Waals surface area contributed by atoms with E-state index in [9.17, 15) is 4.21 Å². The summed E-state index contributed by atoms with van der Waals surface area (Å²) < 4.78 is 23.6. The summed E-state index contributed by atoms with van der Waals surface area (Å²) >= 11 is 0. The summed E-state index contributed by atoms with van der Waals surface area (Å²) in [4.78, 5) is 0.853. The van der Waals surface area contributed by atoms with Crippen LogP contribution in [-0.4, -0.2) is 35.8 Å². The summed E-state index contributed by atoms with van der Waals surface area (Å²) in [6, 6.07) is 6.14. The van der Waals surface area contributed by atoms with Crippen molar-refractivity contribution in [2.24, 2.45) is 0 Å². The van der Waals surface area contributed by atoms with Crippen LogP contribution in [0.4, 0.5) is 0 Å². The predicted molar refractivity (Wildman–Crippen MR) is 74.3 cm³/mol. The fourth-order valence-electron chi connectivity index (χ4n) is 2.74. The van der Waals surface area contributed by atoms with Crippen LogP contribution in [0.15, 0.2) is 23.1 Å². The van der Waals surface area contributed by atoms with Crippen LogP contribution in [0.5, 0.6) is 11.5 Å². The van der Waals surface area contributed by atoms with Gasteiger partial charge in [0.1, 0.15) is 13.2 Å². The maximum absolute atomic E-state index is 12.6. The molecule has 1 N–H and O–H groups in total. The number of hydrogen-bond acceptors (Lipinski definition) is 4. The van der Waals surface area contributed by atoms with E-state index in [4.69, 9.17) is 9.47 Å². The molecule has 0 amide bonds. The lowest BCUT2D eigenvalue weighted by atomic mass is 10.3. The first-order valence-corrected chi connectivity index (χ1v) is 7.96. The molecule has 1 fully saturated rings. The zero-order chi connectivity index (χ0) is 13.2. The standard InChI is InChI=1S/C14H19NO3S/c1-15-10-2-3-11(8-10)19(16)12-4-5-13-14(9-12)18-7-6-17-13/h4-5,9-11,15H,2-3,6-8H2,1H3. The Morgan fingerprint density at radius 2 is 2.00 bits per heavy atom. The third-order valence-corrected chi connectivity index (χ3v) is 5.59. The molecule has 0 spiro atoms. The molecule has 104 valence electrons. The molecule has 1 saturated carbocycles. The molecule has 3 rings (SSSR count). The maximum atomic E-state index is 12.6. The molecule has 4 nitrogen and oxygen atoms in total. The fourth-order valence-corrected chi connectivity index (χ4v) is 4.31. The van der Waals surface area contributed by atoms with Crippen molar-refractivity contribution in [3.05, 3.63) is 18.2 Å². The van der Waals surface area contributed by atoms with Gasteiger partial charge in [-0.3, -0.25) is 4.21 Å². The average molecular weight is 281 g/mol. The molecule has 0 aromatic heterocycles. The van der Waals surface area contributed by atoms with Gasteiger partial charge in [-0.25, -0.2) is 0 Å². The first-order chi connectivity index (χ1) is 9.28. The monoisotopic (exact) mass is 281 g/mol. The Labute approximate surface area is 115 Å². The minimum absolute atomic E-state index is 0.250. The lowest BCUT2D eigenvalue weighted by molar-refractivity contribution is 0.171. The second-order valence-corrected chi connectivity index (χ2v) is 6.76. The predicted octanol–water partition coefficient (Wildman–Crippen LogP) is 1.71. The van der Waals surface area contributed by atoms with Gasteiger partial charge in [0.05, 0.1) is 10.8 Å². The first-order valence-electron chi connectivity index (χ1n) is 6.75. The third kappa shape index (κ3) is 2.62. The van der Waals surface area contributed by atoms with Gasteiger partial charge in [0, 0.05) is 22.3 Å². The Hall–Kier alpha value is -1.07. The molecule has 2 aliphatic rings. The number of nitrogens with one attached hydrogen (secondary N) is 1. The highest BCUT2D eigenvalue weighted by atomic mass is 32.2. The molecular weight excluding hydrogens is 262 g/mol. The van der Waals surface area contributed by atoms with E-state index in [0.29, 0.717) is 19.3 Å². The van der Waals surface area contributed by atoms with Crippen molar-refractivity contribution in [2.75, 3.05) is 20.3 Å². The van der Waals surface area contributed by atoms with E-state index < -0.39 is 10.8 Å². The van der Waals surface area contributed by atoms with Crippen LogP contribution in [0.1, 0.15) is 19.3 Å². The number of benzene rings is 1. The zero-order valence-electron chi connectivity index (χ0n) is 11.1. The number of hydrogen-bond donors (Lipinski definition) is 1. The number of ether oxygens (including phenoxy) is 2. The number of fused-ring (bicyclic) bond motifs is 1. The summed E-state index contributed by atoms with van der Waals surface area (Å²) in [5, 5.41) is 3.52. The molecule has 0 bridgehead atoms. The molecule has 1 aromatic carbocycles. The molecule has 1 heterocycles. The largest absolute Gasteiger partial charge is 0.486 e. The van der Waals surface area contributed by atoms with Gasteiger partial charge < -0.3 is 14.8 Å². The highest BCUT2D eigenvalue weighted by molar-refractivity contribution is 7.85. The van der Waals surface area contributed by atoms with Crippen LogP contribution >= 0.6 is 0 Å².